The van der Waals surface area contributed by atoms with Gasteiger partial charge in [0, 0.05) is 25.7 Å². The minimum atomic E-state index is -4.02. The number of hydrogen-bond donors (Lipinski definition) is 3. The van der Waals surface area contributed by atoms with Gasteiger partial charge in [0.2, 0.25) is 0 Å². The molecule has 0 bridgehead atoms. The highest BCUT2D eigenvalue weighted by molar-refractivity contribution is 7.85. The second kappa shape index (κ2) is 11.2. The third kappa shape index (κ3) is 7.62. The third-order valence-electron chi connectivity index (χ3n) is 5.21. The summed E-state index contributed by atoms with van der Waals surface area (Å²) >= 11 is 0. The van der Waals surface area contributed by atoms with Crippen molar-refractivity contribution >= 4 is 16.2 Å². The molecule has 1 aliphatic rings. The quantitative estimate of drug-likeness (QED) is 0.598. The van der Waals surface area contributed by atoms with Crippen molar-refractivity contribution in [2.45, 2.75) is 43.4 Å². The summed E-state index contributed by atoms with van der Waals surface area (Å²) in [6.45, 7) is 4.93. The molecule has 3 N–H and O–H groups in total. The summed E-state index contributed by atoms with van der Waals surface area (Å²) in [6.07, 6.45) is -0.213. The molecule has 2 unspecified atom stereocenters. The van der Waals surface area contributed by atoms with E-state index in [1.165, 1.54) is 22.6 Å². The Morgan fingerprint density at radius 1 is 1.16 bits per heavy atom. The molecule has 0 saturated carbocycles. The fraction of sp³-hybridized carbons (Fsp3) is 0.409. The van der Waals surface area contributed by atoms with Gasteiger partial charge in [0.15, 0.2) is 0 Å². The maximum Gasteiger partial charge on any atom is 0.407 e. The number of ether oxygens (including phenoxy) is 1. The second-order valence-electron chi connectivity index (χ2n) is 7.49. The molecule has 1 fully saturated rings. The zero-order chi connectivity index (χ0) is 23.0. The van der Waals surface area contributed by atoms with Gasteiger partial charge in [-0.15, -0.1) is 0 Å². The molecule has 0 aliphatic carbocycles. The van der Waals surface area contributed by atoms with Crippen molar-refractivity contribution in [1.82, 2.24) is 10.2 Å². The van der Waals surface area contributed by atoms with Crippen LogP contribution in [0.15, 0.2) is 59.5 Å². The van der Waals surface area contributed by atoms with Crippen molar-refractivity contribution < 1.29 is 27.6 Å². The zero-order valence-corrected chi connectivity index (χ0v) is 18.7. The molecule has 0 aromatic heterocycles. The highest BCUT2D eigenvalue weighted by Crippen LogP contribution is 2.19. The minimum Gasteiger partial charge on any atom is -0.465 e. The van der Waals surface area contributed by atoms with Gasteiger partial charge in [0.25, 0.3) is 10.1 Å². The molecule has 9 heteroatoms. The van der Waals surface area contributed by atoms with Gasteiger partial charge in [-0.3, -0.25) is 4.55 Å². The van der Waals surface area contributed by atoms with Crippen LogP contribution in [0.1, 0.15) is 30.5 Å². The summed E-state index contributed by atoms with van der Waals surface area (Å²) in [5.74, 6) is 0. The predicted octanol–water partition coefficient (Wildman–Crippen LogP) is 3.35. The molecule has 0 radical (unpaired) electrons. The molecule has 170 valence electrons. The largest absolute Gasteiger partial charge is 0.465 e. The Hall–Kier alpha value is -2.46. The van der Waals surface area contributed by atoms with E-state index in [0.717, 1.165) is 12.0 Å². The number of nitrogens with one attached hydrogen (secondary N) is 1. The summed E-state index contributed by atoms with van der Waals surface area (Å²) in [5.41, 5.74) is 2.18. The first kappa shape index (κ1) is 24.8. The standard InChI is InChI=1S/C15H22N2O3.C7H8O3S/c1-11(12-6-4-3-5-7-12)16-13-8-9-17(15(18)19)10-14(13)20-2;1-6-2-4-7(5-3-6)11(8,9)10/h3-7,11,13-14,16H,8-10H2,1-2H3,(H,18,19);2-5H,1H3,(H,8,9,10)/t11?,13?,14-;/m1./s1. The van der Waals surface area contributed by atoms with Gasteiger partial charge in [0.05, 0.1) is 17.5 Å². The van der Waals surface area contributed by atoms with Gasteiger partial charge in [0.1, 0.15) is 0 Å². The highest BCUT2D eigenvalue weighted by Gasteiger charge is 2.32. The highest BCUT2D eigenvalue weighted by atomic mass is 32.2. The number of piperidine rings is 1. The molecule has 1 saturated heterocycles. The van der Waals surface area contributed by atoms with Gasteiger partial charge in [-0.1, -0.05) is 48.0 Å². The van der Waals surface area contributed by atoms with Gasteiger partial charge in [-0.05, 0) is 38.0 Å². The van der Waals surface area contributed by atoms with Gasteiger partial charge >= 0.3 is 6.09 Å². The normalized spacial score (nSPS) is 19.8. The Morgan fingerprint density at radius 3 is 2.29 bits per heavy atom. The van der Waals surface area contributed by atoms with Crippen LogP contribution in [0.25, 0.3) is 0 Å². The van der Waals surface area contributed by atoms with Crippen LogP contribution < -0.4 is 5.32 Å². The second-order valence-corrected chi connectivity index (χ2v) is 8.91. The van der Waals surface area contributed by atoms with Crippen LogP contribution in [0.2, 0.25) is 0 Å². The van der Waals surface area contributed by atoms with Crippen LogP contribution in [-0.2, 0) is 14.9 Å². The first-order valence-electron chi connectivity index (χ1n) is 9.97. The molecule has 2 aromatic carbocycles. The molecule has 3 rings (SSSR count). The lowest BCUT2D eigenvalue weighted by atomic mass is 9.99. The Bertz CT molecular complexity index is 934. The fourth-order valence-electron chi connectivity index (χ4n) is 3.39. The molecule has 0 spiro atoms. The molecule has 2 aromatic rings. The number of nitrogens with zero attached hydrogens (tertiary/aromatic N) is 1. The lowest BCUT2D eigenvalue weighted by Gasteiger charge is -2.38. The van der Waals surface area contributed by atoms with E-state index >= 15 is 0 Å². The zero-order valence-electron chi connectivity index (χ0n) is 17.9. The van der Waals surface area contributed by atoms with Crippen molar-refractivity contribution in [3.8, 4) is 0 Å². The van der Waals surface area contributed by atoms with Gasteiger partial charge < -0.3 is 20.1 Å². The first-order valence-corrected chi connectivity index (χ1v) is 11.4. The molecule has 8 nitrogen and oxygen atoms in total. The van der Waals surface area contributed by atoms with Crippen LogP contribution in [0, 0.1) is 6.92 Å². The van der Waals surface area contributed by atoms with Crippen molar-refractivity contribution in [1.29, 1.82) is 0 Å². The van der Waals surface area contributed by atoms with Crippen LogP contribution in [0.4, 0.5) is 4.79 Å². The van der Waals surface area contributed by atoms with E-state index in [2.05, 4.69) is 24.4 Å². The number of carboxylic acid groups (broad SMARTS) is 1. The van der Waals surface area contributed by atoms with E-state index in [1.54, 1.807) is 19.2 Å². The molecular weight excluding hydrogens is 420 g/mol. The van der Waals surface area contributed by atoms with Crippen molar-refractivity contribution in [3.63, 3.8) is 0 Å². The topological polar surface area (TPSA) is 116 Å². The molecule has 31 heavy (non-hydrogen) atoms. The Kier molecular flexibility index (Phi) is 9.00. The van der Waals surface area contributed by atoms with E-state index in [-0.39, 0.29) is 23.1 Å². The van der Waals surface area contributed by atoms with E-state index in [1.807, 2.05) is 25.1 Å². The van der Waals surface area contributed by atoms with Crippen molar-refractivity contribution in [2.75, 3.05) is 20.2 Å². The number of rotatable bonds is 5. The number of methoxy groups -OCH3 is 1. The summed E-state index contributed by atoms with van der Waals surface area (Å²) < 4.78 is 35.0. The molecular formula is C22H30N2O6S. The average Bonchev–Trinajstić information content (AvgIpc) is 2.74. The maximum atomic E-state index is 11.0. The van der Waals surface area contributed by atoms with E-state index in [0.29, 0.717) is 13.1 Å². The number of hydrogen-bond acceptors (Lipinski definition) is 5. The SMILES string of the molecule is CO[C@@H]1CN(C(=O)O)CCC1NC(C)c1ccccc1.Cc1ccc(S(=O)(=O)O)cc1. The van der Waals surface area contributed by atoms with Crippen molar-refractivity contribution in [2.24, 2.45) is 0 Å². The maximum absolute atomic E-state index is 11.0. The summed E-state index contributed by atoms with van der Waals surface area (Å²) in [4.78, 5) is 12.4. The molecule has 3 atom stereocenters. The molecule has 1 heterocycles. The van der Waals surface area contributed by atoms with E-state index in [9.17, 15) is 13.2 Å². The smallest absolute Gasteiger partial charge is 0.407 e. The Labute approximate surface area is 183 Å². The Balaban J connectivity index is 0.000000262. The predicted molar refractivity (Wildman–Crippen MR) is 118 cm³/mol. The molecule has 1 aliphatic heterocycles. The monoisotopic (exact) mass is 450 g/mol. The number of aryl methyl sites for hydroxylation is 1. The van der Waals surface area contributed by atoms with E-state index in [4.69, 9.17) is 14.4 Å². The van der Waals surface area contributed by atoms with Crippen LogP contribution >= 0.6 is 0 Å². The van der Waals surface area contributed by atoms with Crippen LogP contribution in [0.5, 0.6) is 0 Å². The number of carbonyl (C=O) groups is 1. The number of likely N-dealkylation sites (tertiary alicyclic amines) is 1. The fourth-order valence-corrected chi connectivity index (χ4v) is 3.87. The average molecular weight is 451 g/mol. The van der Waals surface area contributed by atoms with Crippen LogP contribution in [0.3, 0.4) is 0 Å². The molecule has 1 amide bonds. The minimum absolute atomic E-state index is 0.0666. The third-order valence-corrected chi connectivity index (χ3v) is 6.08. The number of benzene rings is 2. The van der Waals surface area contributed by atoms with Crippen LogP contribution in [-0.4, -0.2) is 61.4 Å². The number of amides is 1. The summed E-state index contributed by atoms with van der Waals surface area (Å²) in [6, 6.07) is 16.6. The van der Waals surface area contributed by atoms with Gasteiger partial charge in [-0.2, -0.15) is 8.42 Å². The van der Waals surface area contributed by atoms with Crippen molar-refractivity contribution in [3.05, 3.63) is 65.7 Å². The van der Waals surface area contributed by atoms with Gasteiger partial charge in [-0.25, -0.2) is 4.79 Å². The first-order chi connectivity index (χ1) is 14.6. The lowest BCUT2D eigenvalue weighted by Crippen LogP contribution is -2.54. The summed E-state index contributed by atoms with van der Waals surface area (Å²) in [5, 5.41) is 12.6. The Morgan fingerprint density at radius 2 is 1.77 bits per heavy atom. The van der Waals surface area contributed by atoms with E-state index < -0.39 is 16.2 Å². The lowest BCUT2D eigenvalue weighted by molar-refractivity contribution is 0.00701. The summed E-state index contributed by atoms with van der Waals surface area (Å²) in [7, 11) is -2.38.